The third kappa shape index (κ3) is 1.50. The highest BCUT2D eigenvalue weighted by molar-refractivity contribution is 6.36. The Bertz CT molecular complexity index is 462. The molecule has 0 bridgehead atoms. The molecule has 2 nitrogen and oxygen atoms in total. The third-order valence-corrected chi connectivity index (χ3v) is 2.79. The van der Waals surface area contributed by atoms with Crippen molar-refractivity contribution in [2.75, 3.05) is 6.54 Å². The molecular weight excluding hydrogens is 219 g/mol. The summed E-state index contributed by atoms with van der Waals surface area (Å²) in [5, 5.41) is 2.44. The van der Waals surface area contributed by atoms with Crippen LogP contribution in [0.25, 0.3) is 10.9 Å². The van der Waals surface area contributed by atoms with Crippen LogP contribution in [-0.2, 0) is 6.54 Å². The van der Waals surface area contributed by atoms with Gasteiger partial charge < -0.3 is 10.3 Å². The topological polar surface area (TPSA) is 30.9 Å². The zero-order valence-corrected chi connectivity index (χ0v) is 9.02. The lowest BCUT2D eigenvalue weighted by atomic mass is 10.2. The molecule has 0 saturated carbocycles. The van der Waals surface area contributed by atoms with Crippen molar-refractivity contribution in [3.63, 3.8) is 0 Å². The summed E-state index contributed by atoms with van der Waals surface area (Å²) in [5.74, 6) is 0. The average molecular weight is 229 g/mol. The molecule has 2 rings (SSSR count). The standard InChI is InChI=1S/C10H10Cl2N2/c11-8-3-1-2-7-6-9(12)14(5-4-13)10(7)8/h1-3,6H,4-5,13H2. The predicted molar refractivity (Wildman–Crippen MR) is 61.0 cm³/mol. The smallest absolute Gasteiger partial charge is 0.110 e. The number of hydrogen-bond donors (Lipinski definition) is 1. The highest BCUT2D eigenvalue weighted by Gasteiger charge is 2.08. The quantitative estimate of drug-likeness (QED) is 0.843. The fourth-order valence-corrected chi connectivity index (χ4v) is 2.16. The van der Waals surface area contributed by atoms with Gasteiger partial charge in [0.05, 0.1) is 10.5 Å². The van der Waals surface area contributed by atoms with Crippen LogP contribution in [0.15, 0.2) is 24.3 Å². The first-order valence-electron chi connectivity index (χ1n) is 4.37. The molecule has 0 atom stereocenters. The minimum Gasteiger partial charge on any atom is -0.329 e. The molecule has 2 aromatic rings. The average Bonchev–Trinajstić information content (AvgIpc) is 2.45. The second kappa shape index (κ2) is 3.81. The van der Waals surface area contributed by atoms with E-state index >= 15 is 0 Å². The van der Waals surface area contributed by atoms with Crippen LogP contribution in [0.4, 0.5) is 0 Å². The van der Waals surface area contributed by atoms with Crippen molar-refractivity contribution >= 4 is 34.1 Å². The van der Waals surface area contributed by atoms with Crippen LogP contribution in [0.1, 0.15) is 0 Å². The molecule has 14 heavy (non-hydrogen) atoms. The molecule has 0 amide bonds. The zero-order valence-electron chi connectivity index (χ0n) is 7.50. The molecule has 0 fully saturated rings. The lowest BCUT2D eigenvalue weighted by molar-refractivity contribution is 0.736. The van der Waals surface area contributed by atoms with E-state index < -0.39 is 0 Å². The van der Waals surface area contributed by atoms with E-state index in [0.29, 0.717) is 23.3 Å². The number of rotatable bonds is 2. The molecule has 4 heteroatoms. The highest BCUT2D eigenvalue weighted by atomic mass is 35.5. The molecule has 1 heterocycles. The SMILES string of the molecule is NCCn1c(Cl)cc2cccc(Cl)c21. The Hall–Kier alpha value is -0.700. The molecule has 0 spiro atoms. The summed E-state index contributed by atoms with van der Waals surface area (Å²) >= 11 is 12.2. The summed E-state index contributed by atoms with van der Waals surface area (Å²) in [7, 11) is 0. The largest absolute Gasteiger partial charge is 0.329 e. The molecule has 0 radical (unpaired) electrons. The van der Waals surface area contributed by atoms with Crippen LogP contribution in [0.3, 0.4) is 0 Å². The van der Waals surface area contributed by atoms with E-state index in [4.69, 9.17) is 28.9 Å². The van der Waals surface area contributed by atoms with Crippen LogP contribution in [-0.4, -0.2) is 11.1 Å². The molecule has 0 aliphatic heterocycles. The maximum Gasteiger partial charge on any atom is 0.110 e. The van der Waals surface area contributed by atoms with Crippen molar-refractivity contribution in [3.05, 3.63) is 34.4 Å². The van der Waals surface area contributed by atoms with E-state index in [1.165, 1.54) is 0 Å². The first kappa shape index (κ1) is 9.84. The molecule has 0 aliphatic carbocycles. The second-order valence-corrected chi connectivity index (χ2v) is 3.88. The number of nitrogens with zero attached hydrogens (tertiary/aromatic N) is 1. The van der Waals surface area contributed by atoms with E-state index in [0.717, 1.165) is 10.9 Å². The number of benzene rings is 1. The molecule has 2 N–H and O–H groups in total. The Morgan fingerprint density at radius 3 is 2.79 bits per heavy atom. The molecule has 1 aromatic heterocycles. The van der Waals surface area contributed by atoms with Crippen molar-refractivity contribution in [2.45, 2.75) is 6.54 Å². The van der Waals surface area contributed by atoms with Gasteiger partial charge in [-0.2, -0.15) is 0 Å². The molecular formula is C10H10Cl2N2. The number of para-hydroxylation sites is 1. The lowest BCUT2D eigenvalue weighted by Crippen LogP contribution is -2.09. The molecule has 0 saturated heterocycles. The zero-order chi connectivity index (χ0) is 10.1. The molecule has 0 unspecified atom stereocenters. The van der Waals surface area contributed by atoms with Crippen molar-refractivity contribution in [2.24, 2.45) is 5.73 Å². The van der Waals surface area contributed by atoms with Crippen LogP contribution in [0.5, 0.6) is 0 Å². The maximum atomic E-state index is 6.09. The van der Waals surface area contributed by atoms with Gasteiger partial charge >= 0.3 is 0 Å². The molecule has 1 aromatic carbocycles. The van der Waals surface area contributed by atoms with Gasteiger partial charge in [-0.05, 0) is 12.1 Å². The predicted octanol–water partition coefficient (Wildman–Crippen LogP) is 2.91. The fraction of sp³-hybridized carbons (Fsp3) is 0.200. The van der Waals surface area contributed by atoms with E-state index in [9.17, 15) is 0 Å². The third-order valence-electron chi connectivity index (χ3n) is 2.17. The van der Waals surface area contributed by atoms with Gasteiger partial charge in [-0.15, -0.1) is 0 Å². The Morgan fingerprint density at radius 1 is 1.29 bits per heavy atom. The summed E-state index contributed by atoms with van der Waals surface area (Å²) in [6.07, 6.45) is 0. The highest BCUT2D eigenvalue weighted by Crippen LogP contribution is 2.29. The normalized spacial score (nSPS) is 11.1. The van der Waals surface area contributed by atoms with Crippen molar-refractivity contribution in [3.8, 4) is 0 Å². The van der Waals surface area contributed by atoms with Gasteiger partial charge in [-0.3, -0.25) is 0 Å². The Kier molecular flexibility index (Phi) is 2.68. The van der Waals surface area contributed by atoms with Crippen LogP contribution in [0.2, 0.25) is 10.2 Å². The summed E-state index contributed by atoms with van der Waals surface area (Å²) in [6.45, 7) is 1.24. The van der Waals surface area contributed by atoms with Gasteiger partial charge in [0.15, 0.2) is 0 Å². The first-order valence-corrected chi connectivity index (χ1v) is 5.13. The Morgan fingerprint density at radius 2 is 2.07 bits per heavy atom. The summed E-state index contributed by atoms with van der Waals surface area (Å²) in [6, 6.07) is 7.65. The van der Waals surface area contributed by atoms with E-state index in [-0.39, 0.29) is 0 Å². The van der Waals surface area contributed by atoms with Crippen LogP contribution >= 0.6 is 23.2 Å². The monoisotopic (exact) mass is 228 g/mol. The molecule has 0 aliphatic rings. The number of halogens is 2. The minimum absolute atomic E-state index is 0.550. The van der Waals surface area contributed by atoms with Gasteiger partial charge in [0, 0.05) is 18.5 Å². The number of hydrogen-bond acceptors (Lipinski definition) is 1. The maximum absolute atomic E-state index is 6.09. The van der Waals surface area contributed by atoms with Crippen LogP contribution in [0, 0.1) is 0 Å². The van der Waals surface area contributed by atoms with E-state index in [1.54, 1.807) is 0 Å². The number of nitrogens with two attached hydrogens (primary N) is 1. The van der Waals surface area contributed by atoms with Crippen molar-refractivity contribution < 1.29 is 0 Å². The van der Waals surface area contributed by atoms with Crippen molar-refractivity contribution in [1.82, 2.24) is 4.57 Å². The fourth-order valence-electron chi connectivity index (χ4n) is 1.59. The minimum atomic E-state index is 0.550. The van der Waals surface area contributed by atoms with Gasteiger partial charge in [-0.1, -0.05) is 35.3 Å². The van der Waals surface area contributed by atoms with Gasteiger partial charge in [0.2, 0.25) is 0 Å². The van der Waals surface area contributed by atoms with E-state index in [2.05, 4.69) is 0 Å². The summed E-state index contributed by atoms with van der Waals surface area (Å²) < 4.78 is 1.93. The number of aromatic nitrogens is 1. The van der Waals surface area contributed by atoms with Gasteiger partial charge in [0.25, 0.3) is 0 Å². The van der Waals surface area contributed by atoms with Crippen LogP contribution < -0.4 is 5.73 Å². The first-order chi connectivity index (χ1) is 6.74. The number of fused-ring (bicyclic) bond motifs is 1. The van der Waals surface area contributed by atoms with E-state index in [1.807, 2.05) is 28.8 Å². The Labute approximate surface area is 92.2 Å². The second-order valence-electron chi connectivity index (χ2n) is 3.09. The van der Waals surface area contributed by atoms with Crippen molar-refractivity contribution in [1.29, 1.82) is 0 Å². The molecule has 74 valence electrons. The lowest BCUT2D eigenvalue weighted by Gasteiger charge is -2.05. The Balaban J connectivity index is 2.73. The van der Waals surface area contributed by atoms with Gasteiger partial charge in [0.1, 0.15) is 5.15 Å². The summed E-state index contributed by atoms with van der Waals surface area (Å²) in [5.41, 5.74) is 6.47. The van der Waals surface area contributed by atoms with Gasteiger partial charge in [-0.25, -0.2) is 0 Å². The summed E-state index contributed by atoms with van der Waals surface area (Å²) in [4.78, 5) is 0.